The van der Waals surface area contributed by atoms with E-state index in [0.717, 1.165) is 26.2 Å². The molecule has 1 aliphatic rings. The van der Waals surface area contributed by atoms with Crippen LogP contribution < -0.4 is 4.74 Å². The Bertz CT molecular complexity index is 459. The highest BCUT2D eigenvalue weighted by Gasteiger charge is 2.25. The molecule has 0 aromatic carbocycles. The Morgan fingerprint density at radius 1 is 1.40 bits per heavy atom. The highest BCUT2D eigenvalue weighted by Crippen LogP contribution is 2.21. The third kappa shape index (κ3) is 3.68. The fourth-order valence-electron chi connectivity index (χ4n) is 2.35. The molecule has 0 radical (unpaired) electrons. The maximum absolute atomic E-state index is 11.5. The van der Waals surface area contributed by atoms with Gasteiger partial charge in [0.15, 0.2) is 0 Å². The van der Waals surface area contributed by atoms with Crippen LogP contribution in [0.2, 0.25) is 0 Å². The molecule has 6 heteroatoms. The van der Waals surface area contributed by atoms with Gasteiger partial charge in [0.2, 0.25) is 0 Å². The number of ether oxygens (including phenoxy) is 1. The van der Waals surface area contributed by atoms with Gasteiger partial charge in [-0.3, -0.25) is 14.7 Å². The molecule has 1 N–H and O–H groups in total. The van der Waals surface area contributed by atoms with Gasteiger partial charge >= 0.3 is 5.97 Å². The number of hydrogen-bond acceptors (Lipinski definition) is 5. The summed E-state index contributed by atoms with van der Waals surface area (Å²) in [7, 11) is 3.63. The number of aromatic nitrogens is 1. The van der Waals surface area contributed by atoms with Crippen LogP contribution in [0.4, 0.5) is 0 Å². The molecule has 1 aromatic heterocycles. The Labute approximate surface area is 119 Å². The van der Waals surface area contributed by atoms with Crippen molar-refractivity contribution in [2.24, 2.45) is 0 Å². The Hall–Kier alpha value is -1.66. The monoisotopic (exact) mass is 279 g/mol. The second-order valence-electron chi connectivity index (χ2n) is 5.15. The van der Waals surface area contributed by atoms with Gasteiger partial charge in [0.1, 0.15) is 5.75 Å². The molecular formula is C14H21N3O3. The number of methoxy groups -OCH3 is 1. The number of aliphatic carboxylic acids is 1. The summed E-state index contributed by atoms with van der Waals surface area (Å²) < 4.78 is 5.11. The van der Waals surface area contributed by atoms with Crippen molar-refractivity contribution in [3.63, 3.8) is 0 Å². The molecule has 1 aliphatic heterocycles. The molecule has 0 bridgehead atoms. The van der Waals surface area contributed by atoms with E-state index in [9.17, 15) is 9.90 Å². The normalized spacial score (nSPS) is 18.7. The average Bonchev–Trinajstić information content (AvgIpc) is 2.46. The average molecular weight is 279 g/mol. The summed E-state index contributed by atoms with van der Waals surface area (Å²) in [6, 6.07) is 1.75. The van der Waals surface area contributed by atoms with Crippen molar-refractivity contribution >= 4 is 5.97 Å². The van der Waals surface area contributed by atoms with E-state index in [0.29, 0.717) is 17.9 Å². The SMILES string of the molecule is COc1cncc(C(CN2CCN(C)CC2)C(=O)O)c1. The number of carbonyl (C=O) groups is 1. The van der Waals surface area contributed by atoms with Crippen LogP contribution in [-0.2, 0) is 4.79 Å². The number of pyridine rings is 1. The van der Waals surface area contributed by atoms with E-state index < -0.39 is 11.9 Å². The molecule has 0 saturated carbocycles. The van der Waals surface area contributed by atoms with Gasteiger partial charge in [-0.25, -0.2) is 0 Å². The van der Waals surface area contributed by atoms with Gasteiger partial charge in [0, 0.05) is 38.9 Å². The van der Waals surface area contributed by atoms with E-state index in [2.05, 4.69) is 21.8 Å². The summed E-state index contributed by atoms with van der Waals surface area (Å²) in [6.07, 6.45) is 3.19. The lowest BCUT2D eigenvalue weighted by atomic mass is 10.00. The van der Waals surface area contributed by atoms with Crippen LogP contribution in [-0.4, -0.2) is 72.7 Å². The number of nitrogens with zero attached hydrogens (tertiary/aromatic N) is 3. The largest absolute Gasteiger partial charge is 0.495 e. The van der Waals surface area contributed by atoms with Crippen molar-refractivity contribution in [3.05, 3.63) is 24.0 Å². The Kier molecular flexibility index (Phi) is 4.92. The molecule has 1 aromatic rings. The van der Waals surface area contributed by atoms with Crippen LogP contribution in [0.1, 0.15) is 11.5 Å². The van der Waals surface area contributed by atoms with E-state index in [-0.39, 0.29) is 0 Å². The van der Waals surface area contributed by atoms with Crippen LogP contribution in [0.15, 0.2) is 18.5 Å². The van der Waals surface area contributed by atoms with Crippen LogP contribution in [0.5, 0.6) is 5.75 Å². The fourth-order valence-corrected chi connectivity index (χ4v) is 2.35. The molecule has 1 unspecified atom stereocenters. The number of carboxylic acid groups (broad SMARTS) is 1. The van der Waals surface area contributed by atoms with E-state index in [1.54, 1.807) is 25.6 Å². The minimum Gasteiger partial charge on any atom is -0.495 e. The number of likely N-dealkylation sites (N-methyl/N-ethyl adjacent to an activating group) is 1. The minimum atomic E-state index is -0.820. The highest BCUT2D eigenvalue weighted by atomic mass is 16.5. The van der Waals surface area contributed by atoms with Gasteiger partial charge in [-0.1, -0.05) is 0 Å². The van der Waals surface area contributed by atoms with Crippen molar-refractivity contribution < 1.29 is 14.6 Å². The first kappa shape index (κ1) is 14.7. The zero-order chi connectivity index (χ0) is 14.5. The van der Waals surface area contributed by atoms with Crippen molar-refractivity contribution in [2.75, 3.05) is 46.9 Å². The molecule has 1 atom stereocenters. The Balaban J connectivity index is 2.08. The minimum absolute atomic E-state index is 0.512. The first-order chi connectivity index (χ1) is 9.60. The molecule has 0 spiro atoms. The molecular weight excluding hydrogens is 258 g/mol. The van der Waals surface area contributed by atoms with Crippen LogP contribution in [0.3, 0.4) is 0 Å². The zero-order valence-electron chi connectivity index (χ0n) is 12.0. The van der Waals surface area contributed by atoms with Crippen molar-refractivity contribution in [2.45, 2.75) is 5.92 Å². The number of piperazine rings is 1. The lowest BCUT2D eigenvalue weighted by molar-refractivity contribution is -0.139. The molecule has 1 fully saturated rings. The molecule has 1 saturated heterocycles. The molecule has 20 heavy (non-hydrogen) atoms. The summed E-state index contributed by atoms with van der Waals surface area (Å²) in [5.74, 6) is -0.799. The smallest absolute Gasteiger partial charge is 0.312 e. The van der Waals surface area contributed by atoms with Gasteiger partial charge in [-0.05, 0) is 18.7 Å². The second kappa shape index (κ2) is 6.67. The van der Waals surface area contributed by atoms with Gasteiger partial charge in [0.05, 0.1) is 19.2 Å². The third-order valence-corrected chi connectivity index (χ3v) is 3.71. The fraction of sp³-hybridized carbons (Fsp3) is 0.571. The number of carboxylic acids is 1. The second-order valence-corrected chi connectivity index (χ2v) is 5.15. The van der Waals surface area contributed by atoms with E-state index in [1.807, 2.05) is 0 Å². The van der Waals surface area contributed by atoms with E-state index in [4.69, 9.17) is 4.74 Å². The van der Waals surface area contributed by atoms with Crippen LogP contribution in [0, 0.1) is 0 Å². The van der Waals surface area contributed by atoms with Crippen molar-refractivity contribution in [1.29, 1.82) is 0 Å². The standard InChI is InChI=1S/C14H21N3O3/c1-16-3-5-17(6-4-16)10-13(14(18)19)11-7-12(20-2)9-15-8-11/h7-9,13H,3-6,10H2,1-2H3,(H,18,19). The number of rotatable bonds is 5. The predicted octanol–water partition coefficient (Wildman–Crippen LogP) is 0.506. The Morgan fingerprint density at radius 2 is 2.10 bits per heavy atom. The first-order valence-electron chi connectivity index (χ1n) is 6.73. The third-order valence-electron chi connectivity index (χ3n) is 3.71. The lowest BCUT2D eigenvalue weighted by Gasteiger charge is -2.33. The molecule has 0 amide bonds. The molecule has 110 valence electrons. The molecule has 2 heterocycles. The van der Waals surface area contributed by atoms with Crippen LogP contribution >= 0.6 is 0 Å². The summed E-state index contributed by atoms with van der Waals surface area (Å²) in [6.45, 7) is 4.26. The summed E-state index contributed by atoms with van der Waals surface area (Å²) in [4.78, 5) is 20.0. The summed E-state index contributed by atoms with van der Waals surface area (Å²) in [5, 5.41) is 9.47. The van der Waals surface area contributed by atoms with Gasteiger partial charge in [-0.2, -0.15) is 0 Å². The predicted molar refractivity (Wildman–Crippen MR) is 75.1 cm³/mol. The quantitative estimate of drug-likeness (QED) is 0.847. The first-order valence-corrected chi connectivity index (χ1v) is 6.73. The maximum Gasteiger partial charge on any atom is 0.312 e. The zero-order valence-corrected chi connectivity index (χ0v) is 12.0. The van der Waals surface area contributed by atoms with Crippen LogP contribution in [0.25, 0.3) is 0 Å². The van der Waals surface area contributed by atoms with Gasteiger partial charge in [-0.15, -0.1) is 0 Å². The Morgan fingerprint density at radius 3 is 2.70 bits per heavy atom. The molecule has 2 rings (SSSR count). The van der Waals surface area contributed by atoms with Crippen molar-refractivity contribution in [3.8, 4) is 5.75 Å². The lowest BCUT2D eigenvalue weighted by Crippen LogP contribution is -2.46. The number of hydrogen-bond donors (Lipinski definition) is 1. The maximum atomic E-state index is 11.5. The molecule has 6 nitrogen and oxygen atoms in total. The summed E-state index contributed by atoms with van der Waals surface area (Å²) in [5.41, 5.74) is 0.691. The van der Waals surface area contributed by atoms with Gasteiger partial charge < -0.3 is 14.7 Å². The molecule has 0 aliphatic carbocycles. The van der Waals surface area contributed by atoms with E-state index >= 15 is 0 Å². The summed E-state index contributed by atoms with van der Waals surface area (Å²) >= 11 is 0. The topological polar surface area (TPSA) is 65.9 Å². The highest BCUT2D eigenvalue weighted by molar-refractivity contribution is 5.76. The van der Waals surface area contributed by atoms with Gasteiger partial charge in [0.25, 0.3) is 0 Å². The van der Waals surface area contributed by atoms with E-state index in [1.165, 1.54) is 0 Å². The van der Waals surface area contributed by atoms with Crippen molar-refractivity contribution in [1.82, 2.24) is 14.8 Å².